The van der Waals surface area contributed by atoms with Gasteiger partial charge in [0.2, 0.25) is 0 Å². The smallest absolute Gasteiger partial charge is 0.411 e. The lowest BCUT2D eigenvalue weighted by atomic mass is 9.90. The molecule has 3 nitrogen and oxygen atoms in total. The van der Waals surface area contributed by atoms with Crippen molar-refractivity contribution in [1.82, 2.24) is 4.90 Å². The molecule has 0 bridgehead atoms. The van der Waals surface area contributed by atoms with Gasteiger partial charge in [0.15, 0.2) is 0 Å². The zero-order chi connectivity index (χ0) is 16.4. The third kappa shape index (κ3) is 3.09. The van der Waals surface area contributed by atoms with Crippen LogP contribution in [0.4, 0.5) is 4.79 Å². The van der Waals surface area contributed by atoms with Crippen molar-refractivity contribution >= 4 is 6.09 Å². The summed E-state index contributed by atoms with van der Waals surface area (Å²) in [5.41, 5.74) is 2.85. The quantitative estimate of drug-likeness (QED) is 0.814. The van der Waals surface area contributed by atoms with Crippen LogP contribution in [-0.2, 0) is 10.3 Å². The number of ether oxygens (including phenoxy) is 1. The van der Waals surface area contributed by atoms with Gasteiger partial charge in [0.1, 0.15) is 5.60 Å². The highest BCUT2D eigenvalue weighted by molar-refractivity contribution is 5.70. The molecule has 0 unspecified atom stereocenters. The first-order valence-corrected chi connectivity index (χ1v) is 8.11. The maximum Gasteiger partial charge on any atom is 0.411 e. The van der Waals surface area contributed by atoms with Crippen LogP contribution >= 0.6 is 0 Å². The number of hydrogen-bond donors (Lipinski definition) is 0. The zero-order valence-electron chi connectivity index (χ0n) is 14.0. The highest BCUT2D eigenvalue weighted by atomic mass is 16.6. The lowest BCUT2D eigenvalue weighted by molar-refractivity contribution is -0.0491. The Bertz CT molecular complexity index is 681. The summed E-state index contributed by atoms with van der Waals surface area (Å²) in [6, 6.07) is 18.3. The van der Waals surface area contributed by atoms with Gasteiger partial charge in [0.25, 0.3) is 0 Å². The Morgan fingerprint density at radius 1 is 1.09 bits per heavy atom. The third-order valence-corrected chi connectivity index (χ3v) is 4.79. The van der Waals surface area contributed by atoms with Crippen molar-refractivity contribution < 1.29 is 9.53 Å². The molecule has 1 aliphatic rings. The third-order valence-electron chi connectivity index (χ3n) is 4.79. The molecule has 1 saturated heterocycles. The van der Waals surface area contributed by atoms with Gasteiger partial charge in [0, 0.05) is 13.0 Å². The monoisotopic (exact) mass is 309 g/mol. The number of hydrogen-bond acceptors (Lipinski definition) is 2. The Morgan fingerprint density at radius 3 is 2.35 bits per heavy atom. The Hall–Kier alpha value is -2.29. The number of benzene rings is 2. The van der Waals surface area contributed by atoms with E-state index in [9.17, 15) is 4.79 Å². The van der Waals surface area contributed by atoms with Crippen LogP contribution in [0.2, 0.25) is 0 Å². The highest BCUT2D eigenvalue weighted by Gasteiger charge is 2.39. The maximum absolute atomic E-state index is 12.6. The van der Waals surface area contributed by atoms with E-state index in [2.05, 4.69) is 31.2 Å². The number of amides is 1. The van der Waals surface area contributed by atoms with E-state index in [-0.39, 0.29) is 12.1 Å². The summed E-state index contributed by atoms with van der Waals surface area (Å²) in [6.45, 7) is 6.80. The van der Waals surface area contributed by atoms with Gasteiger partial charge in [-0.3, -0.25) is 0 Å². The number of aryl methyl sites for hydroxylation is 1. The number of cyclic esters (lactones) is 1. The van der Waals surface area contributed by atoms with Crippen molar-refractivity contribution in [2.24, 2.45) is 0 Å². The minimum Gasteiger partial charge on any atom is -0.438 e. The van der Waals surface area contributed by atoms with E-state index in [1.165, 1.54) is 5.56 Å². The number of carbonyl (C=O) groups excluding carboxylic acids is 1. The molecule has 0 N–H and O–H groups in total. The largest absolute Gasteiger partial charge is 0.438 e. The van der Waals surface area contributed by atoms with Gasteiger partial charge in [-0.2, -0.15) is 0 Å². The van der Waals surface area contributed by atoms with Crippen LogP contribution in [0.25, 0.3) is 0 Å². The van der Waals surface area contributed by atoms with Crippen molar-refractivity contribution in [2.75, 3.05) is 6.54 Å². The second-order valence-corrected chi connectivity index (χ2v) is 6.49. The van der Waals surface area contributed by atoms with Gasteiger partial charge in [0.05, 0.1) is 6.04 Å². The van der Waals surface area contributed by atoms with Crippen LogP contribution in [0.15, 0.2) is 54.6 Å². The van der Waals surface area contributed by atoms with E-state index < -0.39 is 5.60 Å². The van der Waals surface area contributed by atoms with Gasteiger partial charge in [-0.05, 0) is 31.9 Å². The highest BCUT2D eigenvalue weighted by Crippen LogP contribution is 2.36. The topological polar surface area (TPSA) is 29.5 Å². The molecular weight excluding hydrogens is 286 g/mol. The lowest BCUT2D eigenvalue weighted by Gasteiger charge is -2.41. The van der Waals surface area contributed by atoms with Crippen molar-refractivity contribution in [2.45, 2.75) is 38.8 Å². The van der Waals surface area contributed by atoms with E-state index in [1.807, 2.05) is 49.1 Å². The molecule has 0 spiro atoms. The Labute approximate surface area is 137 Å². The molecule has 2 atom stereocenters. The van der Waals surface area contributed by atoms with Crippen LogP contribution in [-0.4, -0.2) is 17.5 Å². The molecular formula is C20H23NO2. The van der Waals surface area contributed by atoms with E-state index >= 15 is 0 Å². The summed E-state index contributed by atoms with van der Waals surface area (Å²) in [6.07, 6.45) is 0.551. The summed E-state index contributed by atoms with van der Waals surface area (Å²) in [4.78, 5) is 14.4. The Morgan fingerprint density at radius 2 is 1.74 bits per heavy atom. The summed E-state index contributed by atoms with van der Waals surface area (Å²) in [7, 11) is 0. The predicted molar refractivity (Wildman–Crippen MR) is 91.2 cm³/mol. The molecule has 120 valence electrons. The molecule has 0 radical (unpaired) electrons. The molecule has 1 heterocycles. The van der Waals surface area contributed by atoms with Crippen LogP contribution in [0, 0.1) is 6.92 Å². The van der Waals surface area contributed by atoms with Crippen molar-refractivity contribution in [3.8, 4) is 0 Å². The van der Waals surface area contributed by atoms with Crippen LogP contribution in [0.3, 0.4) is 0 Å². The molecule has 23 heavy (non-hydrogen) atoms. The van der Waals surface area contributed by atoms with Gasteiger partial charge >= 0.3 is 6.09 Å². The second kappa shape index (κ2) is 6.07. The molecule has 0 saturated carbocycles. The molecule has 1 fully saturated rings. The first-order valence-electron chi connectivity index (χ1n) is 8.11. The normalized spacial score (nSPS) is 22.6. The maximum atomic E-state index is 12.6. The molecule has 0 aromatic heterocycles. The lowest BCUT2D eigenvalue weighted by Crippen LogP contribution is -2.47. The standard InChI is InChI=1S/C20H23NO2/c1-15-9-11-18(12-10-15)20(3)13-14-21(19(22)23-20)16(2)17-7-5-4-6-8-17/h4-12,16H,13-14H2,1-3H3/t16-,20-/m0/s1. The Balaban J connectivity index is 1.77. The molecule has 2 aromatic carbocycles. The van der Waals surface area contributed by atoms with Crippen LogP contribution in [0.5, 0.6) is 0 Å². The molecule has 1 amide bonds. The molecule has 0 aliphatic carbocycles. The Kier molecular flexibility index (Phi) is 4.12. The number of rotatable bonds is 3. The summed E-state index contributed by atoms with van der Waals surface area (Å²) in [5.74, 6) is 0. The van der Waals surface area contributed by atoms with Crippen LogP contribution in [0.1, 0.15) is 43.0 Å². The van der Waals surface area contributed by atoms with Crippen molar-refractivity contribution in [3.05, 3.63) is 71.3 Å². The molecule has 1 aliphatic heterocycles. The molecule has 2 aromatic rings. The van der Waals surface area contributed by atoms with E-state index in [1.54, 1.807) is 0 Å². The molecule has 3 rings (SSSR count). The van der Waals surface area contributed by atoms with Gasteiger partial charge in [-0.15, -0.1) is 0 Å². The van der Waals surface area contributed by atoms with Gasteiger partial charge in [-0.25, -0.2) is 4.79 Å². The van der Waals surface area contributed by atoms with Crippen molar-refractivity contribution in [3.63, 3.8) is 0 Å². The van der Waals surface area contributed by atoms with E-state index in [4.69, 9.17) is 4.74 Å². The number of nitrogens with zero attached hydrogens (tertiary/aromatic N) is 1. The van der Waals surface area contributed by atoms with Gasteiger partial charge in [-0.1, -0.05) is 60.2 Å². The molecule has 3 heteroatoms. The predicted octanol–water partition coefficient (Wildman–Crippen LogP) is 4.81. The SMILES string of the molecule is Cc1ccc([C@]2(C)CCN([C@@H](C)c3ccccc3)C(=O)O2)cc1. The minimum atomic E-state index is -0.544. The van der Waals surface area contributed by atoms with Gasteiger partial charge < -0.3 is 9.64 Å². The zero-order valence-corrected chi connectivity index (χ0v) is 14.0. The fraction of sp³-hybridized carbons (Fsp3) is 0.350. The average molecular weight is 309 g/mol. The fourth-order valence-corrected chi connectivity index (χ4v) is 3.10. The second-order valence-electron chi connectivity index (χ2n) is 6.49. The first kappa shape index (κ1) is 15.6. The fourth-order valence-electron chi connectivity index (χ4n) is 3.10. The van der Waals surface area contributed by atoms with E-state index in [0.29, 0.717) is 6.54 Å². The van der Waals surface area contributed by atoms with E-state index in [0.717, 1.165) is 17.5 Å². The first-order chi connectivity index (χ1) is 11.0. The number of carbonyl (C=O) groups is 1. The average Bonchev–Trinajstić information content (AvgIpc) is 2.56. The summed E-state index contributed by atoms with van der Waals surface area (Å²) >= 11 is 0. The summed E-state index contributed by atoms with van der Waals surface area (Å²) in [5, 5.41) is 0. The minimum absolute atomic E-state index is 0.0197. The summed E-state index contributed by atoms with van der Waals surface area (Å²) < 4.78 is 5.84. The van der Waals surface area contributed by atoms with Crippen LogP contribution < -0.4 is 0 Å². The van der Waals surface area contributed by atoms with Crippen molar-refractivity contribution in [1.29, 1.82) is 0 Å².